The van der Waals surface area contributed by atoms with E-state index in [0.717, 1.165) is 11.3 Å². The van der Waals surface area contributed by atoms with Gasteiger partial charge in [0.25, 0.3) is 0 Å². The average Bonchev–Trinajstić information content (AvgIpc) is 2.52. The molecule has 0 aliphatic carbocycles. The summed E-state index contributed by atoms with van der Waals surface area (Å²) in [5, 5.41) is 0. The number of fused-ring (bicyclic) bond motifs is 1. The van der Waals surface area contributed by atoms with Crippen LogP contribution in [0.3, 0.4) is 0 Å². The molecule has 0 amide bonds. The first kappa shape index (κ1) is 14.3. The lowest BCUT2D eigenvalue weighted by atomic mass is 10.1. The highest BCUT2D eigenvalue weighted by atomic mass is 32.2. The van der Waals surface area contributed by atoms with Crippen molar-refractivity contribution in [2.75, 3.05) is 7.11 Å². The number of hydrogen-bond donors (Lipinski definition) is 0. The number of allylic oxidation sites excluding steroid dienone is 1. The highest BCUT2D eigenvalue weighted by molar-refractivity contribution is 7.86. The van der Waals surface area contributed by atoms with Crippen LogP contribution in [0.4, 0.5) is 0 Å². The van der Waals surface area contributed by atoms with Crippen LogP contribution >= 0.6 is 0 Å². The van der Waals surface area contributed by atoms with E-state index in [1.54, 1.807) is 43.5 Å². The van der Waals surface area contributed by atoms with Crippen LogP contribution < -0.4 is 8.92 Å². The van der Waals surface area contributed by atoms with Gasteiger partial charge in [-0.1, -0.05) is 30.3 Å². The van der Waals surface area contributed by atoms with Crippen molar-refractivity contribution in [3.05, 3.63) is 65.7 Å². The van der Waals surface area contributed by atoms with E-state index >= 15 is 0 Å². The second-order valence-electron chi connectivity index (χ2n) is 4.59. The van der Waals surface area contributed by atoms with Gasteiger partial charge in [0.05, 0.1) is 12.8 Å². The van der Waals surface area contributed by atoms with Crippen molar-refractivity contribution in [3.63, 3.8) is 0 Å². The number of rotatable bonds is 3. The lowest BCUT2D eigenvalue weighted by Gasteiger charge is -2.14. The van der Waals surface area contributed by atoms with Gasteiger partial charge in [0.2, 0.25) is 0 Å². The fourth-order valence-electron chi connectivity index (χ4n) is 2.09. The third-order valence-corrected chi connectivity index (χ3v) is 3.91. The van der Waals surface area contributed by atoms with Crippen molar-refractivity contribution in [1.29, 1.82) is 0 Å². The highest BCUT2D eigenvalue weighted by Gasteiger charge is 2.22. The van der Waals surface area contributed by atoms with Gasteiger partial charge < -0.3 is 8.92 Å². The first-order valence-electron chi connectivity index (χ1n) is 6.53. The number of hydrogen-bond acceptors (Lipinski definition) is 4. The lowest BCUT2D eigenvalue weighted by molar-refractivity contribution is 0.414. The Labute approximate surface area is 128 Å². The van der Waals surface area contributed by atoms with E-state index in [9.17, 15) is 8.42 Å². The molecule has 0 unspecified atom stereocenters. The van der Waals surface area contributed by atoms with Gasteiger partial charge in [0.15, 0.2) is 5.75 Å². The molecule has 1 heterocycles. The Morgan fingerprint density at radius 2 is 1.91 bits per heavy atom. The molecule has 0 radical (unpaired) electrons. The quantitative estimate of drug-likeness (QED) is 0.873. The molecule has 6 heteroatoms. The van der Waals surface area contributed by atoms with E-state index < -0.39 is 10.3 Å². The van der Waals surface area contributed by atoms with Crippen molar-refractivity contribution in [2.24, 2.45) is 4.40 Å². The van der Waals surface area contributed by atoms with E-state index in [1.165, 1.54) is 0 Å². The number of nitrogens with zero attached hydrogens (tertiary/aromatic N) is 1. The second kappa shape index (κ2) is 5.65. The van der Waals surface area contributed by atoms with Crippen LogP contribution in [0.1, 0.15) is 11.1 Å². The molecular formula is C16H13NO4S. The molecule has 0 bridgehead atoms. The molecule has 0 saturated carbocycles. The second-order valence-corrected chi connectivity index (χ2v) is 5.80. The van der Waals surface area contributed by atoms with Gasteiger partial charge in [-0.15, -0.1) is 4.40 Å². The summed E-state index contributed by atoms with van der Waals surface area (Å²) in [7, 11) is -2.36. The zero-order valence-corrected chi connectivity index (χ0v) is 12.6. The maximum Gasteiger partial charge on any atom is 0.429 e. The minimum Gasteiger partial charge on any atom is -0.497 e. The minimum absolute atomic E-state index is 0.280. The molecule has 0 atom stereocenters. The SMILES string of the molecule is COc1cccc(/C=C/C2=NS(=O)(=O)Oc3ccccc32)c1. The van der Waals surface area contributed by atoms with Crippen LogP contribution in [0, 0.1) is 0 Å². The Hall–Kier alpha value is -2.60. The van der Waals surface area contributed by atoms with E-state index in [0.29, 0.717) is 11.3 Å². The monoisotopic (exact) mass is 315 g/mol. The van der Waals surface area contributed by atoms with Crippen LogP contribution in [0.15, 0.2) is 59.0 Å². The summed E-state index contributed by atoms with van der Waals surface area (Å²) in [6, 6.07) is 14.3. The molecular weight excluding hydrogens is 302 g/mol. The summed E-state index contributed by atoms with van der Waals surface area (Å²) < 4.78 is 37.0. The van der Waals surface area contributed by atoms with Crippen molar-refractivity contribution in [2.45, 2.75) is 0 Å². The van der Waals surface area contributed by atoms with Crippen LogP contribution in [0.2, 0.25) is 0 Å². The van der Waals surface area contributed by atoms with Gasteiger partial charge in [-0.25, -0.2) is 0 Å². The molecule has 3 rings (SSSR count). The number of methoxy groups -OCH3 is 1. The molecule has 112 valence electrons. The van der Waals surface area contributed by atoms with E-state index in [4.69, 9.17) is 8.92 Å². The summed E-state index contributed by atoms with van der Waals surface area (Å²) in [5.74, 6) is 1.01. The Balaban J connectivity index is 1.99. The average molecular weight is 315 g/mol. The maximum atomic E-state index is 11.7. The third-order valence-electron chi connectivity index (χ3n) is 3.10. The molecule has 1 aliphatic rings. The fraction of sp³-hybridized carbons (Fsp3) is 0.0625. The molecule has 0 aromatic heterocycles. The molecule has 5 nitrogen and oxygen atoms in total. The van der Waals surface area contributed by atoms with Crippen LogP contribution in [0.5, 0.6) is 11.5 Å². The van der Waals surface area contributed by atoms with Crippen LogP contribution in [-0.4, -0.2) is 21.2 Å². The molecule has 2 aromatic carbocycles. The maximum absolute atomic E-state index is 11.7. The molecule has 22 heavy (non-hydrogen) atoms. The van der Waals surface area contributed by atoms with Crippen molar-refractivity contribution in [1.82, 2.24) is 0 Å². The molecule has 0 saturated heterocycles. The van der Waals surface area contributed by atoms with E-state index in [1.807, 2.05) is 24.3 Å². The van der Waals surface area contributed by atoms with Crippen LogP contribution in [-0.2, 0) is 10.3 Å². The summed E-state index contributed by atoms with van der Waals surface area (Å²) in [6.07, 6.45) is 3.42. The summed E-state index contributed by atoms with van der Waals surface area (Å²) >= 11 is 0. The van der Waals surface area contributed by atoms with Gasteiger partial charge in [-0.2, -0.15) is 8.42 Å². The molecule has 0 fully saturated rings. The normalized spacial score (nSPS) is 15.8. The number of para-hydroxylation sites is 1. The summed E-state index contributed by atoms with van der Waals surface area (Å²) in [6.45, 7) is 0. The summed E-state index contributed by atoms with van der Waals surface area (Å²) in [4.78, 5) is 0. The highest BCUT2D eigenvalue weighted by Crippen LogP contribution is 2.26. The standard InChI is InChI=1S/C16H13NO4S/c1-20-13-6-4-5-12(11-13)9-10-15-14-7-2-3-8-16(14)21-22(18,19)17-15/h2-11H,1H3/b10-9+. The molecule has 0 spiro atoms. The van der Waals surface area contributed by atoms with Gasteiger partial charge in [0.1, 0.15) is 5.75 Å². The number of ether oxygens (including phenoxy) is 1. The van der Waals surface area contributed by atoms with Gasteiger partial charge in [-0.05, 0) is 35.9 Å². The smallest absolute Gasteiger partial charge is 0.429 e. The van der Waals surface area contributed by atoms with E-state index in [2.05, 4.69) is 4.40 Å². The number of benzene rings is 2. The zero-order valence-electron chi connectivity index (χ0n) is 11.8. The Morgan fingerprint density at radius 1 is 1.09 bits per heavy atom. The zero-order chi connectivity index (χ0) is 15.6. The predicted octanol–water partition coefficient (Wildman–Crippen LogP) is 2.83. The van der Waals surface area contributed by atoms with Crippen molar-refractivity contribution >= 4 is 22.1 Å². The Morgan fingerprint density at radius 3 is 2.73 bits per heavy atom. The Kier molecular flexibility index (Phi) is 3.68. The fourth-order valence-corrected chi connectivity index (χ4v) is 2.90. The first-order valence-corrected chi connectivity index (χ1v) is 7.90. The summed E-state index contributed by atoms with van der Waals surface area (Å²) in [5.41, 5.74) is 1.85. The Bertz CT molecular complexity index is 869. The van der Waals surface area contributed by atoms with E-state index in [-0.39, 0.29) is 5.75 Å². The topological polar surface area (TPSA) is 65.0 Å². The first-order chi connectivity index (χ1) is 10.6. The predicted molar refractivity (Wildman–Crippen MR) is 84.6 cm³/mol. The van der Waals surface area contributed by atoms with Crippen LogP contribution in [0.25, 0.3) is 6.08 Å². The van der Waals surface area contributed by atoms with Crippen molar-refractivity contribution < 1.29 is 17.3 Å². The molecule has 1 aliphatic heterocycles. The van der Waals surface area contributed by atoms with Crippen molar-refractivity contribution in [3.8, 4) is 11.5 Å². The minimum atomic E-state index is -3.95. The van der Waals surface area contributed by atoms with Gasteiger partial charge in [0, 0.05) is 5.56 Å². The van der Waals surface area contributed by atoms with Gasteiger partial charge in [-0.3, -0.25) is 0 Å². The largest absolute Gasteiger partial charge is 0.497 e. The third kappa shape index (κ3) is 3.01. The molecule has 2 aromatic rings. The van der Waals surface area contributed by atoms with Gasteiger partial charge >= 0.3 is 10.3 Å². The lowest BCUT2D eigenvalue weighted by Crippen LogP contribution is -2.17. The molecule has 0 N–H and O–H groups in total.